The van der Waals surface area contributed by atoms with Gasteiger partial charge in [-0.25, -0.2) is 13.2 Å². The van der Waals surface area contributed by atoms with E-state index < -0.39 is 32.5 Å². The van der Waals surface area contributed by atoms with Crippen molar-refractivity contribution in [3.8, 4) is 0 Å². The fourth-order valence-corrected chi connectivity index (χ4v) is 1.80. The predicted octanol–water partition coefficient (Wildman–Crippen LogP) is 0.752. The van der Waals surface area contributed by atoms with Crippen molar-refractivity contribution >= 4 is 21.7 Å². The first kappa shape index (κ1) is 16.2. The Hall–Kier alpha value is -1.89. The minimum atomic E-state index is -3.66. The van der Waals surface area contributed by atoms with Crippen LogP contribution >= 0.6 is 0 Å². The summed E-state index contributed by atoms with van der Waals surface area (Å²) < 4.78 is 21.4. The maximum Gasteiger partial charge on any atom is 0.330 e. The number of carbonyl (C=O) groups excluding carboxylic acids is 1. The molecule has 110 valence electrons. The molecule has 1 amide bonds. The van der Waals surface area contributed by atoms with Crippen LogP contribution in [0.1, 0.15) is 25.5 Å². The maximum absolute atomic E-state index is 12.0. The van der Waals surface area contributed by atoms with Gasteiger partial charge in [-0.15, -0.1) is 0 Å². The zero-order valence-corrected chi connectivity index (χ0v) is 12.3. The number of carbonyl (C=O) groups is 2. The highest BCUT2D eigenvalue weighted by Gasteiger charge is 2.40. The molecule has 0 bridgehead atoms. The Labute approximate surface area is 117 Å². The highest BCUT2D eigenvalue weighted by molar-refractivity contribution is 7.92. The van der Waals surface area contributed by atoms with Crippen molar-refractivity contribution in [2.75, 3.05) is 6.26 Å². The number of sulfone groups is 1. The lowest BCUT2D eigenvalue weighted by Crippen LogP contribution is -2.49. The van der Waals surface area contributed by atoms with Crippen molar-refractivity contribution in [3.63, 3.8) is 0 Å². The molecule has 20 heavy (non-hydrogen) atoms. The number of aliphatic carboxylic acids is 1. The molecule has 1 aromatic carbocycles. The number of benzene rings is 1. The first-order valence-corrected chi connectivity index (χ1v) is 7.75. The third-order valence-electron chi connectivity index (χ3n) is 3.13. The van der Waals surface area contributed by atoms with Crippen LogP contribution in [0.25, 0.3) is 0 Å². The number of carboxylic acid groups (broad SMARTS) is 1. The predicted molar refractivity (Wildman–Crippen MR) is 73.9 cm³/mol. The van der Waals surface area contributed by atoms with E-state index in [9.17, 15) is 23.1 Å². The van der Waals surface area contributed by atoms with Gasteiger partial charge < -0.3 is 10.4 Å². The maximum atomic E-state index is 12.0. The molecule has 0 aliphatic carbocycles. The fourth-order valence-electron chi connectivity index (χ4n) is 1.41. The molecule has 0 heterocycles. The van der Waals surface area contributed by atoms with Gasteiger partial charge in [0, 0.05) is 6.26 Å². The number of hydrogen-bond acceptors (Lipinski definition) is 4. The molecule has 0 aromatic heterocycles. The summed E-state index contributed by atoms with van der Waals surface area (Å²) in [6.45, 7) is 2.48. The second kappa shape index (κ2) is 5.62. The van der Waals surface area contributed by atoms with E-state index in [1.165, 1.54) is 13.8 Å². The van der Waals surface area contributed by atoms with Crippen molar-refractivity contribution in [3.05, 3.63) is 35.9 Å². The number of nitrogens with one attached hydrogen (secondary N) is 1. The normalized spacial score (nSPS) is 13.6. The van der Waals surface area contributed by atoms with Gasteiger partial charge in [0.2, 0.25) is 5.91 Å². The van der Waals surface area contributed by atoms with Crippen molar-refractivity contribution in [2.24, 2.45) is 0 Å². The Balaban J connectivity index is 3.05. The van der Waals surface area contributed by atoms with Gasteiger partial charge in [0.25, 0.3) is 0 Å². The van der Waals surface area contributed by atoms with E-state index in [1.807, 2.05) is 0 Å². The summed E-state index contributed by atoms with van der Waals surface area (Å²) in [6, 6.07) is 6.80. The molecule has 2 N–H and O–H groups in total. The van der Waals surface area contributed by atoms with Gasteiger partial charge in [0.15, 0.2) is 15.9 Å². The summed E-state index contributed by atoms with van der Waals surface area (Å²) in [5.41, 5.74) is 0.373. The van der Waals surface area contributed by atoms with E-state index in [2.05, 4.69) is 5.32 Å². The van der Waals surface area contributed by atoms with E-state index >= 15 is 0 Å². The number of amides is 1. The Morgan fingerprint density at radius 1 is 1.20 bits per heavy atom. The van der Waals surface area contributed by atoms with Crippen LogP contribution in [0.5, 0.6) is 0 Å². The number of rotatable bonds is 5. The lowest BCUT2D eigenvalue weighted by molar-refractivity contribution is -0.142. The second-order valence-electron chi connectivity index (χ2n) is 4.94. The average molecular weight is 299 g/mol. The zero-order valence-electron chi connectivity index (χ0n) is 11.5. The molecule has 1 unspecified atom stereocenters. The molecule has 1 aromatic rings. The first-order chi connectivity index (χ1) is 9.07. The Bertz CT molecular complexity index is 607. The Morgan fingerprint density at radius 2 is 1.70 bits per heavy atom. The summed E-state index contributed by atoms with van der Waals surface area (Å²) in [4.78, 5) is 23.3. The van der Waals surface area contributed by atoms with E-state index in [-0.39, 0.29) is 0 Å². The van der Waals surface area contributed by atoms with Crippen molar-refractivity contribution in [2.45, 2.75) is 24.6 Å². The molecule has 1 rings (SSSR count). The van der Waals surface area contributed by atoms with Crippen LogP contribution in [0.15, 0.2) is 30.3 Å². The average Bonchev–Trinajstić information content (AvgIpc) is 2.34. The van der Waals surface area contributed by atoms with Gasteiger partial charge in [0.05, 0.1) is 0 Å². The molecule has 0 saturated heterocycles. The quantitative estimate of drug-likeness (QED) is 0.835. The lowest BCUT2D eigenvalue weighted by Gasteiger charge is -2.24. The molecular formula is C13H17NO5S. The van der Waals surface area contributed by atoms with E-state index in [0.29, 0.717) is 5.56 Å². The van der Waals surface area contributed by atoms with Crippen molar-refractivity contribution in [1.29, 1.82) is 0 Å². The largest absolute Gasteiger partial charge is 0.479 e. The molecule has 0 aliphatic heterocycles. The standard InChI is InChI=1S/C13H17NO5S/c1-13(2,20(3,18)19)12(17)14-10(11(15)16)9-7-5-4-6-8-9/h4-8,10H,1-3H3,(H,14,17)(H,15,16). The minimum Gasteiger partial charge on any atom is -0.479 e. The van der Waals surface area contributed by atoms with Crippen LogP contribution in [0.4, 0.5) is 0 Å². The summed E-state index contributed by atoms with van der Waals surface area (Å²) in [5, 5.41) is 11.4. The van der Waals surface area contributed by atoms with Gasteiger partial charge in [-0.1, -0.05) is 30.3 Å². The monoisotopic (exact) mass is 299 g/mol. The lowest BCUT2D eigenvalue weighted by atomic mass is 10.1. The molecule has 7 heteroatoms. The van der Waals surface area contributed by atoms with Gasteiger partial charge in [-0.05, 0) is 19.4 Å². The smallest absolute Gasteiger partial charge is 0.330 e. The summed E-state index contributed by atoms with van der Waals surface area (Å²) in [6.07, 6.45) is 0.935. The summed E-state index contributed by atoms with van der Waals surface area (Å²) >= 11 is 0. The van der Waals surface area contributed by atoms with Gasteiger partial charge in [-0.3, -0.25) is 4.79 Å². The number of carboxylic acids is 1. The minimum absolute atomic E-state index is 0.373. The van der Waals surface area contributed by atoms with Crippen molar-refractivity contribution in [1.82, 2.24) is 5.32 Å². The van der Waals surface area contributed by atoms with Gasteiger partial charge in [0.1, 0.15) is 4.75 Å². The summed E-state index contributed by atoms with van der Waals surface area (Å²) in [7, 11) is -3.66. The topological polar surface area (TPSA) is 101 Å². The first-order valence-electron chi connectivity index (χ1n) is 5.85. The van der Waals surface area contributed by atoms with Crippen LogP contribution in [-0.4, -0.2) is 36.4 Å². The van der Waals surface area contributed by atoms with Crippen LogP contribution in [0, 0.1) is 0 Å². The van der Waals surface area contributed by atoms with Crippen LogP contribution in [0.3, 0.4) is 0 Å². The Morgan fingerprint density at radius 3 is 2.10 bits per heavy atom. The highest BCUT2D eigenvalue weighted by Crippen LogP contribution is 2.19. The molecule has 1 atom stereocenters. The molecular weight excluding hydrogens is 282 g/mol. The molecule has 0 spiro atoms. The number of hydrogen-bond donors (Lipinski definition) is 2. The van der Waals surface area contributed by atoms with E-state index in [4.69, 9.17) is 0 Å². The highest BCUT2D eigenvalue weighted by atomic mass is 32.2. The van der Waals surface area contributed by atoms with Crippen LogP contribution in [0.2, 0.25) is 0 Å². The van der Waals surface area contributed by atoms with E-state index in [0.717, 1.165) is 6.26 Å². The zero-order chi connectivity index (χ0) is 15.6. The van der Waals surface area contributed by atoms with Gasteiger partial charge >= 0.3 is 5.97 Å². The van der Waals surface area contributed by atoms with Crippen LogP contribution in [-0.2, 0) is 19.4 Å². The fraction of sp³-hybridized carbons (Fsp3) is 0.385. The molecule has 0 aliphatic rings. The SMILES string of the molecule is CC(C)(C(=O)NC(C(=O)O)c1ccccc1)S(C)(=O)=O. The third kappa shape index (κ3) is 3.36. The van der Waals surface area contributed by atoms with E-state index in [1.54, 1.807) is 30.3 Å². The molecule has 6 nitrogen and oxygen atoms in total. The molecule has 0 radical (unpaired) electrons. The second-order valence-corrected chi connectivity index (χ2v) is 7.50. The van der Waals surface area contributed by atoms with Gasteiger partial charge in [-0.2, -0.15) is 0 Å². The van der Waals surface area contributed by atoms with Crippen LogP contribution < -0.4 is 5.32 Å². The summed E-state index contributed by atoms with van der Waals surface area (Å²) in [5.74, 6) is -2.11. The molecule has 0 saturated carbocycles. The third-order valence-corrected chi connectivity index (χ3v) is 5.17. The van der Waals surface area contributed by atoms with Crippen molar-refractivity contribution < 1.29 is 23.1 Å². The Kier molecular flexibility index (Phi) is 4.54. The molecule has 0 fully saturated rings.